The summed E-state index contributed by atoms with van der Waals surface area (Å²) in [5, 5.41) is 5.38. The van der Waals surface area contributed by atoms with Crippen LogP contribution in [0.4, 0.5) is 4.39 Å². The molecule has 1 aliphatic heterocycles. The van der Waals surface area contributed by atoms with Crippen LogP contribution in [-0.4, -0.2) is 53.2 Å². The minimum atomic E-state index is -0.342. The van der Waals surface area contributed by atoms with Crippen LogP contribution in [0.2, 0.25) is 0 Å². The normalized spacial score (nSPS) is 15.2. The fourth-order valence-electron chi connectivity index (χ4n) is 4.28. The molecule has 1 N–H and O–H groups in total. The minimum absolute atomic E-state index is 0.146. The number of hydrogen-bond acceptors (Lipinski definition) is 6. The van der Waals surface area contributed by atoms with Crippen LogP contribution in [0.25, 0.3) is 21.3 Å². The summed E-state index contributed by atoms with van der Waals surface area (Å²) in [6, 6.07) is 15.6. The molecule has 0 radical (unpaired) electrons. The van der Waals surface area contributed by atoms with Crippen molar-refractivity contribution in [3.05, 3.63) is 88.0 Å². The largest absolute Gasteiger partial charge is 0.379 e. The fraction of sp³-hybridized carbons (Fsp3) is 0.269. The van der Waals surface area contributed by atoms with Gasteiger partial charge in [0.05, 0.1) is 31.0 Å². The van der Waals surface area contributed by atoms with Crippen LogP contribution in [-0.2, 0) is 16.1 Å². The predicted molar refractivity (Wildman–Crippen MR) is 134 cm³/mol. The van der Waals surface area contributed by atoms with E-state index in [9.17, 15) is 14.0 Å². The molecule has 2 aromatic heterocycles. The molecule has 180 valence electrons. The number of hydrogen-bond donors (Lipinski definition) is 1. The maximum atomic E-state index is 13.4. The molecule has 0 saturated carbocycles. The minimum Gasteiger partial charge on any atom is -0.379 e. The van der Waals surface area contributed by atoms with Crippen molar-refractivity contribution in [2.24, 2.45) is 0 Å². The van der Waals surface area contributed by atoms with Gasteiger partial charge in [0, 0.05) is 30.6 Å². The topological polar surface area (TPSA) is 76.5 Å². The van der Waals surface area contributed by atoms with Crippen molar-refractivity contribution in [1.29, 1.82) is 0 Å². The number of amides is 1. The molecule has 5 rings (SSSR count). The second kappa shape index (κ2) is 10.5. The number of nitrogens with one attached hydrogen (secondary N) is 1. The Morgan fingerprint density at radius 1 is 1.11 bits per heavy atom. The molecule has 2 aromatic carbocycles. The van der Waals surface area contributed by atoms with Crippen molar-refractivity contribution in [3.8, 4) is 11.1 Å². The van der Waals surface area contributed by atoms with Gasteiger partial charge < -0.3 is 10.1 Å². The number of benzene rings is 2. The lowest BCUT2D eigenvalue weighted by molar-refractivity contribution is -0.122. The van der Waals surface area contributed by atoms with Gasteiger partial charge in [-0.1, -0.05) is 42.5 Å². The van der Waals surface area contributed by atoms with Crippen LogP contribution in [0.3, 0.4) is 0 Å². The zero-order valence-electron chi connectivity index (χ0n) is 19.0. The highest BCUT2D eigenvalue weighted by Crippen LogP contribution is 2.30. The molecular formula is C26H25FN4O3S. The Kier molecular flexibility index (Phi) is 6.98. The highest BCUT2D eigenvalue weighted by atomic mass is 32.1. The van der Waals surface area contributed by atoms with Gasteiger partial charge in [-0.3, -0.25) is 19.1 Å². The maximum absolute atomic E-state index is 13.4. The molecule has 4 aromatic rings. The lowest BCUT2D eigenvalue weighted by atomic mass is 10.1. The third-order valence-corrected chi connectivity index (χ3v) is 7.00. The standard InChI is InChI=1S/C26H25FN4O3S/c27-20-8-6-18(7-9-20)21-16-35-25-24(21)26(33)31(17-28-25)15-23(32)29-22(19-4-2-1-3-5-19)14-30-10-12-34-13-11-30/h1-9,16-17,22H,10-15H2,(H,29,32). The van der Waals surface area contributed by atoms with Gasteiger partial charge in [-0.2, -0.15) is 0 Å². The Bertz CT molecular complexity index is 1370. The van der Waals surface area contributed by atoms with Crippen molar-refractivity contribution in [3.63, 3.8) is 0 Å². The molecule has 3 heterocycles. The number of nitrogens with zero attached hydrogens (tertiary/aromatic N) is 3. The zero-order chi connectivity index (χ0) is 24.2. The number of carbonyl (C=O) groups is 1. The van der Waals surface area contributed by atoms with Gasteiger partial charge in [0.25, 0.3) is 5.56 Å². The van der Waals surface area contributed by atoms with E-state index in [2.05, 4.69) is 15.2 Å². The lowest BCUT2D eigenvalue weighted by Crippen LogP contribution is -2.44. The fourth-order valence-corrected chi connectivity index (χ4v) is 5.18. The van der Waals surface area contributed by atoms with Gasteiger partial charge in [-0.15, -0.1) is 11.3 Å². The molecule has 0 aliphatic carbocycles. The van der Waals surface area contributed by atoms with Crippen LogP contribution in [0.5, 0.6) is 0 Å². The van der Waals surface area contributed by atoms with Gasteiger partial charge >= 0.3 is 0 Å². The zero-order valence-corrected chi connectivity index (χ0v) is 19.8. The molecule has 0 spiro atoms. The summed E-state index contributed by atoms with van der Waals surface area (Å²) < 4.78 is 20.1. The molecule has 35 heavy (non-hydrogen) atoms. The third-order valence-electron chi connectivity index (χ3n) is 6.11. The first kappa shape index (κ1) is 23.3. The first-order chi connectivity index (χ1) is 17.1. The van der Waals surface area contributed by atoms with Gasteiger partial charge in [0.15, 0.2) is 0 Å². The van der Waals surface area contributed by atoms with Crippen LogP contribution in [0, 0.1) is 5.82 Å². The van der Waals surface area contributed by atoms with Gasteiger partial charge in [0.1, 0.15) is 17.2 Å². The smallest absolute Gasteiger partial charge is 0.263 e. The van der Waals surface area contributed by atoms with Gasteiger partial charge in [0.2, 0.25) is 5.91 Å². The maximum Gasteiger partial charge on any atom is 0.263 e. The Labute approximate surface area is 205 Å². The van der Waals surface area contributed by atoms with Crippen LogP contribution in [0.15, 0.2) is 71.1 Å². The predicted octanol–water partition coefficient (Wildman–Crippen LogP) is 3.45. The molecule has 9 heteroatoms. The van der Waals surface area contributed by atoms with Crippen molar-refractivity contribution in [2.75, 3.05) is 32.8 Å². The van der Waals surface area contributed by atoms with E-state index in [0.29, 0.717) is 35.5 Å². The van der Waals surface area contributed by atoms with E-state index in [4.69, 9.17) is 4.74 Å². The van der Waals surface area contributed by atoms with E-state index in [-0.39, 0.29) is 29.9 Å². The average Bonchev–Trinajstić information content (AvgIpc) is 3.32. The summed E-state index contributed by atoms with van der Waals surface area (Å²) in [6.45, 7) is 3.48. The Morgan fingerprint density at radius 2 is 1.86 bits per heavy atom. The van der Waals surface area contributed by atoms with E-state index in [0.717, 1.165) is 24.2 Å². The highest BCUT2D eigenvalue weighted by molar-refractivity contribution is 7.17. The average molecular weight is 493 g/mol. The van der Waals surface area contributed by atoms with Crippen molar-refractivity contribution in [1.82, 2.24) is 19.8 Å². The molecule has 1 atom stereocenters. The summed E-state index contributed by atoms with van der Waals surface area (Å²) in [5.74, 6) is -0.612. The number of thiophene rings is 1. The van der Waals surface area contributed by atoms with E-state index in [1.807, 2.05) is 35.7 Å². The van der Waals surface area contributed by atoms with Crippen molar-refractivity contribution >= 4 is 27.5 Å². The number of ether oxygens (including phenoxy) is 1. The molecule has 0 bridgehead atoms. The quantitative estimate of drug-likeness (QED) is 0.428. The van der Waals surface area contributed by atoms with Crippen molar-refractivity contribution in [2.45, 2.75) is 12.6 Å². The van der Waals surface area contributed by atoms with Crippen LogP contribution >= 0.6 is 11.3 Å². The Morgan fingerprint density at radius 3 is 2.60 bits per heavy atom. The molecule has 1 aliphatic rings. The molecule has 1 fully saturated rings. The number of morpholine rings is 1. The van der Waals surface area contributed by atoms with Gasteiger partial charge in [-0.05, 0) is 23.3 Å². The van der Waals surface area contributed by atoms with Crippen LogP contribution < -0.4 is 10.9 Å². The van der Waals surface area contributed by atoms with E-state index >= 15 is 0 Å². The third kappa shape index (κ3) is 5.32. The van der Waals surface area contributed by atoms with Crippen molar-refractivity contribution < 1.29 is 13.9 Å². The summed E-state index contributed by atoms with van der Waals surface area (Å²) >= 11 is 1.35. The number of rotatable bonds is 7. The SMILES string of the molecule is O=C(Cn1cnc2scc(-c3ccc(F)cc3)c2c1=O)NC(CN1CCOCC1)c1ccccc1. The number of carbonyl (C=O) groups excluding carboxylic acids is 1. The molecule has 1 unspecified atom stereocenters. The first-order valence-corrected chi connectivity index (χ1v) is 12.3. The van der Waals surface area contributed by atoms with Gasteiger partial charge in [-0.25, -0.2) is 9.37 Å². The molecule has 1 amide bonds. The number of halogens is 1. The Balaban J connectivity index is 1.38. The summed E-state index contributed by atoms with van der Waals surface area (Å²) in [4.78, 5) is 33.6. The Hall–Kier alpha value is -3.40. The molecule has 7 nitrogen and oxygen atoms in total. The second-order valence-corrected chi connectivity index (χ2v) is 9.32. The monoisotopic (exact) mass is 492 g/mol. The first-order valence-electron chi connectivity index (χ1n) is 11.5. The second-order valence-electron chi connectivity index (χ2n) is 8.46. The summed E-state index contributed by atoms with van der Waals surface area (Å²) in [7, 11) is 0. The highest BCUT2D eigenvalue weighted by Gasteiger charge is 2.21. The van der Waals surface area contributed by atoms with E-state index < -0.39 is 0 Å². The molecule has 1 saturated heterocycles. The van der Waals surface area contributed by atoms with Crippen LogP contribution in [0.1, 0.15) is 11.6 Å². The lowest BCUT2D eigenvalue weighted by Gasteiger charge is -2.31. The van der Waals surface area contributed by atoms with E-state index in [1.165, 1.54) is 34.4 Å². The number of aromatic nitrogens is 2. The summed E-state index contributed by atoms with van der Waals surface area (Å²) in [5.41, 5.74) is 2.13. The summed E-state index contributed by atoms with van der Waals surface area (Å²) in [6.07, 6.45) is 1.41. The van der Waals surface area contributed by atoms with E-state index in [1.54, 1.807) is 12.1 Å². The molecular weight excluding hydrogens is 467 g/mol. The number of fused-ring (bicyclic) bond motifs is 1.